The highest BCUT2D eigenvalue weighted by molar-refractivity contribution is 5.93. The molecule has 0 bridgehead atoms. The van der Waals surface area contributed by atoms with Crippen LogP contribution in [0.15, 0.2) is 41.3 Å². The first-order chi connectivity index (χ1) is 9.97. The zero-order chi connectivity index (χ0) is 15.4. The predicted octanol–water partition coefficient (Wildman–Crippen LogP) is 1.81. The standard InChI is InChI=1S/C16H17FN2O2/c1-11-8-15(20)14(10-19(11)2)16(21)18-7-6-12-4-3-5-13(17)9-12/h3-5,8-10H,6-7H2,1-2H3,(H,18,21). The summed E-state index contributed by atoms with van der Waals surface area (Å²) in [5.41, 5.74) is 1.40. The Labute approximate surface area is 122 Å². The fraction of sp³-hybridized carbons (Fsp3) is 0.250. The number of nitrogens with one attached hydrogen (secondary N) is 1. The molecule has 1 aromatic carbocycles. The van der Waals surface area contributed by atoms with Crippen LogP contribution in [-0.4, -0.2) is 17.0 Å². The minimum Gasteiger partial charge on any atom is -0.354 e. The number of hydrogen-bond acceptors (Lipinski definition) is 2. The van der Waals surface area contributed by atoms with E-state index >= 15 is 0 Å². The zero-order valence-electron chi connectivity index (χ0n) is 12.0. The summed E-state index contributed by atoms with van der Waals surface area (Å²) >= 11 is 0. The Bertz CT molecular complexity index is 722. The molecule has 0 aliphatic rings. The van der Waals surface area contributed by atoms with E-state index in [0.29, 0.717) is 13.0 Å². The highest BCUT2D eigenvalue weighted by Crippen LogP contribution is 2.03. The van der Waals surface area contributed by atoms with E-state index in [-0.39, 0.29) is 16.8 Å². The predicted molar refractivity (Wildman–Crippen MR) is 78.9 cm³/mol. The van der Waals surface area contributed by atoms with E-state index < -0.39 is 5.91 Å². The third-order valence-corrected chi connectivity index (χ3v) is 3.32. The molecule has 0 radical (unpaired) electrons. The first-order valence-corrected chi connectivity index (χ1v) is 6.67. The van der Waals surface area contributed by atoms with Crippen LogP contribution in [0.3, 0.4) is 0 Å². The highest BCUT2D eigenvalue weighted by Gasteiger charge is 2.10. The largest absolute Gasteiger partial charge is 0.354 e. The third kappa shape index (κ3) is 3.78. The van der Waals surface area contributed by atoms with Gasteiger partial charge in [0.15, 0.2) is 5.43 Å². The highest BCUT2D eigenvalue weighted by atomic mass is 19.1. The van der Waals surface area contributed by atoms with Crippen LogP contribution >= 0.6 is 0 Å². The number of benzene rings is 1. The molecule has 1 N–H and O–H groups in total. The van der Waals surface area contributed by atoms with Gasteiger partial charge in [0.1, 0.15) is 11.4 Å². The monoisotopic (exact) mass is 288 g/mol. The van der Waals surface area contributed by atoms with Gasteiger partial charge in [-0.2, -0.15) is 0 Å². The molecule has 2 rings (SSSR count). The van der Waals surface area contributed by atoms with Crippen molar-refractivity contribution in [3.63, 3.8) is 0 Å². The van der Waals surface area contributed by atoms with Crippen molar-refractivity contribution in [3.05, 3.63) is 69.4 Å². The lowest BCUT2D eigenvalue weighted by Gasteiger charge is -2.08. The van der Waals surface area contributed by atoms with Crippen LogP contribution in [0.25, 0.3) is 0 Å². The molecular weight excluding hydrogens is 271 g/mol. The molecule has 1 heterocycles. The maximum Gasteiger partial charge on any atom is 0.256 e. The lowest BCUT2D eigenvalue weighted by atomic mass is 10.1. The second-order valence-corrected chi connectivity index (χ2v) is 4.94. The number of nitrogens with zero attached hydrogens (tertiary/aromatic N) is 1. The van der Waals surface area contributed by atoms with Gasteiger partial charge in [-0.15, -0.1) is 0 Å². The molecule has 0 saturated carbocycles. The summed E-state index contributed by atoms with van der Waals surface area (Å²) < 4.78 is 14.7. The van der Waals surface area contributed by atoms with Gasteiger partial charge in [-0.1, -0.05) is 12.1 Å². The quantitative estimate of drug-likeness (QED) is 0.932. The average molecular weight is 288 g/mol. The first kappa shape index (κ1) is 15.0. The minimum atomic E-state index is -0.410. The van der Waals surface area contributed by atoms with Crippen molar-refractivity contribution in [2.45, 2.75) is 13.3 Å². The van der Waals surface area contributed by atoms with Crippen molar-refractivity contribution in [1.82, 2.24) is 9.88 Å². The number of rotatable bonds is 4. The summed E-state index contributed by atoms with van der Waals surface area (Å²) in [7, 11) is 1.78. The normalized spacial score (nSPS) is 10.4. The average Bonchev–Trinajstić information content (AvgIpc) is 2.43. The number of amides is 1. The molecule has 1 aromatic heterocycles. The summed E-state index contributed by atoms with van der Waals surface area (Å²) in [6, 6.07) is 7.65. The molecule has 0 spiro atoms. The van der Waals surface area contributed by atoms with Crippen molar-refractivity contribution in [2.75, 3.05) is 6.54 Å². The van der Waals surface area contributed by atoms with Gasteiger partial charge in [0.2, 0.25) is 0 Å². The van der Waals surface area contributed by atoms with E-state index in [4.69, 9.17) is 0 Å². The second kappa shape index (κ2) is 6.35. The third-order valence-electron chi connectivity index (χ3n) is 3.32. The molecule has 0 saturated heterocycles. The Morgan fingerprint density at radius 3 is 2.81 bits per heavy atom. The summed E-state index contributed by atoms with van der Waals surface area (Å²) in [5.74, 6) is -0.710. The summed E-state index contributed by atoms with van der Waals surface area (Å²) in [6.45, 7) is 2.15. The van der Waals surface area contributed by atoms with Crippen LogP contribution in [0.5, 0.6) is 0 Å². The Balaban J connectivity index is 1.99. The Kier molecular flexibility index (Phi) is 4.52. The van der Waals surface area contributed by atoms with Crippen LogP contribution in [-0.2, 0) is 13.5 Å². The molecule has 21 heavy (non-hydrogen) atoms. The number of hydrogen-bond donors (Lipinski definition) is 1. The van der Waals surface area contributed by atoms with E-state index in [1.165, 1.54) is 24.4 Å². The van der Waals surface area contributed by atoms with Gasteiger partial charge in [0.05, 0.1) is 0 Å². The topological polar surface area (TPSA) is 51.1 Å². The van der Waals surface area contributed by atoms with E-state index in [1.54, 1.807) is 30.7 Å². The second-order valence-electron chi connectivity index (χ2n) is 4.94. The van der Waals surface area contributed by atoms with Gasteiger partial charge in [-0.3, -0.25) is 9.59 Å². The van der Waals surface area contributed by atoms with Crippen molar-refractivity contribution >= 4 is 5.91 Å². The molecule has 110 valence electrons. The maximum absolute atomic E-state index is 13.0. The molecule has 0 atom stereocenters. The van der Waals surface area contributed by atoms with Crippen molar-refractivity contribution in [2.24, 2.45) is 7.05 Å². The van der Waals surface area contributed by atoms with E-state index in [9.17, 15) is 14.0 Å². The number of carbonyl (C=O) groups excluding carboxylic acids is 1. The van der Waals surface area contributed by atoms with E-state index in [1.807, 2.05) is 0 Å². The molecule has 4 nitrogen and oxygen atoms in total. The van der Waals surface area contributed by atoms with Gasteiger partial charge >= 0.3 is 0 Å². The molecule has 0 aliphatic carbocycles. The van der Waals surface area contributed by atoms with Gasteiger partial charge < -0.3 is 9.88 Å². The van der Waals surface area contributed by atoms with Gasteiger partial charge in [-0.25, -0.2) is 4.39 Å². The summed E-state index contributed by atoms with van der Waals surface area (Å²) in [6.07, 6.45) is 2.03. The van der Waals surface area contributed by atoms with Gasteiger partial charge in [-0.05, 0) is 31.0 Å². The van der Waals surface area contributed by atoms with Crippen LogP contribution in [0.2, 0.25) is 0 Å². The number of halogens is 1. The minimum absolute atomic E-state index is 0.113. The van der Waals surface area contributed by atoms with Crippen LogP contribution in [0, 0.1) is 12.7 Å². The Morgan fingerprint density at radius 1 is 1.33 bits per heavy atom. The zero-order valence-corrected chi connectivity index (χ0v) is 12.0. The Hall–Kier alpha value is -2.43. The fourth-order valence-corrected chi connectivity index (χ4v) is 2.01. The number of pyridine rings is 1. The molecule has 5 heteroatoms. The first-order valence-electron chi connectivity index (χ1n) is 6.67. The molecule has 1 amide bonds. The van der Waals surface area contributed by atoms with Crippen molar-refractivity contribution in [1.29, 1.82) is 0 Å². The summed E-state index contributed by atoms with van der Waals surface area (Å²) in [5, 5.41) is 2.68. The molecular formula is C16H17FN2O2. The van der Waals surface area contributed by atoms with Gasteiger partial charge in [0, 0.05) is 31.5 Å². The lowest BCUT2D eigenvalue weighted by molar-refractivity contribution is 0.0952. The molecule has 0 fully saturated rings. The summed E-state index contributed by atoms with van der Waals surface area (Å²) in [4.78, 5) is 23.8. The smallest absolute Gasteiger partial charge is 0.256 e. The molecule has 0 aliphatic heterocycles. The van der Waals surface area contributed by atoms with Gasteiger partial charge in [0.25, 0.3) is 5.91 Å². The van der Waals surface area contributed by atoms with Crippen molar-refractivity contribution < 1.29 is 9.18 Å². The van der Waals surface area contributed by atoms with E-state index in [0.717, 1.165) is 11.3 Å². The van der Waals surface area contributed by atoms with Crippen LogP contribution < -0.4 is 10.7 Å². The number of aromatic nitrogens is 1. The van der Waals surface area contributed by atoms with Crippen molar-refractivity contribution in [3.8, 4) is 0 Å². The van der Waals surface area contributed by atoms with Crippen LogP contribution in [0.1, 0.15) is 21.6 Å². The van der Waals surface area contributed by atoms with Crippen LogP contribution in [0.4, 0.5) is 4.39 Å². The van der Waals surface area contributed by atoms with E-state index in [2.05, 4.69) is 5.32 Å². The number of carbonyl (C=O) groups is 1. The SMILES string of the molecule is Cc1cc(=O)c(C(=O)NCCc2cccc(F)c2)cn1C. The molecule has 0 unspecified atom stereocenters. The molecule has 2 aromatic rings. The fourth-order valence-electron chi connectivity index (χ4n) is 2.01. The Morgan fingerprint density at radius 2 is 2.10 bits per heavy atom. The maximum atomic E-state index is 13.0. The lowest BCUT2D eigenvalue weighted by Crippen LogP contribution is -2.31. The number of aryl methyl sites for hydroxylation is 2.